The quantitative estimate of drug-likeness (QED) is 0.877. The monoisotopic (exact) mass is 349 g/mol. The van der Waals surface area contributed by atoms with Gasteiger partial charge in [-0.2, -0.15) is 0 Å². The topological polar surface area (TPSA) is 38.3 Å². The second-order valence-electron chi connectivity index (χ2n) is 8.65. The Kier molecular flexibility index (Phi) is 3.73. The molecule has 3 fully saturated rings. The summed E-state index contributed by atoms with van der Waals surface area (Å²) in [7, 11) is 0. The smallest absolute Gasteiger partial charge is 0.217 e. The van der Waals surface area contributed by atoms with Crippen LogP contribution in [0.3, 0.4) is 0 Å². The van der Waals surface area contributed by atoms with Gasteiger partial charge in [0.05, 0.1) is 6.10 Å². The van der Waals surface area contributed by atoms with E-state index < -0.39 is 11.6 Å². The van der Waals surface area contributed by atoms with Crippen molar-refractivity contribution < 1.29 is 18.3 Å². The second-order valence-corrected chi connectivity index (χ2v) is 8.65. The molecule has 2 aliphatic carbocycles. The first-order chi connectivity index (χ1) is 11.8. The summed E-state index contributed by atoms with van der Waals surface area (Å²) in [5.74, 6) is -0.943. The average Bonchev–Trinajstić information content (AvgIpc) is 3.03. The summed E-state index contributed by atoms with van der Waals surface area (Å²) < 4.78 is 33.1. The highest BCUT2D eigenvalue weighted by molar-refractivity contribution is 5.73. The predicted molar refractivity (Wildman–Crippen MR) is 89.7 cm³/mol. The van der Waals surface area contributed by atoms with Crippen molar-refractivity contribution in [3.8, 4) is 0 Å². The molecule has 136 valence electrons. The standard InChI is InChI=1S/C20H25F2NO2/c1-11(24)23-18-19(2,3)13-9-14-17(25-7-6-20(14,18)10-13)12-4-5-15(21)16(22)8-12/h4-5,8,13-14,17-18H,6-7,9-10H2,1-3H3,(H,23,24)/t13-,14-,17-,18+,20?/m1/s1. The van der Waals surface area contributed by atoms with Crippen LogP contribution in [-0.2, 0) is 9.53 Å². The molecule has 1 unspecified atom stereocenters. The fraction of sp³-hybridized carbons (Fsp3) is 0.650. The molecule has 0 radical (unpaired) electrons. The van der Waals surface area contributed by atoms with Crippen molar-refractivity contribution in [1.29, 1.82) is 0 Å². The van der Waals surface area contributed by atoms with Gasteiger partial charge in [0.25, 0.3) is 0 Å². The third-order valence-electron chi connectivity index (χ3n) is 7.12. The SMILES string of the molecule is CC(=O)N[C@H]1C(C)(C)[C@@H]2C[C@@H]3[C@@H](c4ccc(F)c(F)c4)OCCC31C2. The van der Waals surface area contributed by atoms with Crippen LogP contribution in [0.25, 0.3) is 0 Å². The maximum atomic E-state index is 13.7. The second kappa shape index (κ2) is 5.50. The van der Waals surface area contributed by atoms with Gasteiger partial charge in [-0.3, -0.25) is 4.79 Å². The Morgan fingerprint density at radius 3 is 2.72 bits per heavy atom. The number of halogens is 2. The van der Waals surface area contributed by atoms with E-state index in [4.69, 9.17) is 4.74 Å². The van der Waals surface area contributed by atoms with E-state index in [9.17, 15) is 13.6 Å². The largest absolute Gasteiger partial charge is 0.373 e. The highest BCUT2D eigenvalue weighted by Gasteiger charge is 2.68. The van der Waals surface area contributed by atoms with E-state index in [1.54, 1.807) is 13.0 Å². The van der Waals surface area contributed by atoms with Crippen LogP contribution in [0.1, 0.15) is 51.7 Å². The maximum Gasteiger partial charge on any atom is 0.217 e. The summed E-state index contributed by atoms with van der Waals surface area (Å²) >= 11 is 0. The molecule has 5 heteroatoms. The number of carbonyl (C=O) groups excluding carboxylic acids is 1. The van der Waals surface area contributed by atoms with Gasteiger partial charge in [-0.15, -0.1) is 0 Å². The maximum absolute atomic E-state index is 13.7. The first-order valence-corrected chi connectivity index (χ1v) is 9.09. The lowest BCUT2D eigenvalue weighted by Crippen LogP contribution is -2.58. The zero-order valence-corrected chi connectivity index (χ0v) is 14.9. The summed E-state index contributed by atoms with van der Waals surface area (Å²) in [6.45, 7) is 6.63. The van der Waals surface area contributed by atoms with Crippen LogP contribution in [0.15, 0.2) is 18.2 Å². The van der Waals surface area contributed by atoms with E-state index in [2.05, 4.69) is 19.2 Å². The minimum Gasteiger partial charge on any atom is -0.373 e. The molecule has 3 nitrogen and oxygen atoms in total. The van der Waals surface area contributed by atoms with Crippen LogP contribution >= 0.6 is 0 Å². The third kappa shape index (κ3) is 2.35. The molecule has 2 bridgehead atoms. The van der Waals surface area contributed by atoms with E-state index >= 15 is 0 Å². The van der Waals surface area contributed by atoms with Crippen LogP contribution in [0, 0.1) is 34.3 Å². The molecule has 1 aromatic rings. The van der Waals surface area contributed by atoms with Crippen molar-refractivity contribution in [2.45, 2.75) is 52.2 Å². The molecule has 4 rings (SSSR count). The molecule has 0 aromatic heterocycles. The van der Waals surface area contributed by atoms with Crippen molar-refractivity contribution >= 4 is 5.91 Å². The molecule has 1 aliphatic heterocycles. The molecular weight excluding hydrogens is 324 g/mol. The van der Waals surface area contributed by atoms with Crippen LogP contribution in [0.5, 0.6) is 0 Å². The van der Waals surface area contributed by atoms with Crippen molar-refractivity contribution in [1.82, 2.24) is 5.32 Å². The van der Waals surface area contributed by atoms with Gasteiger partial charge in [-0.05, 0) is 59.6 Å². The predicted octanol–water partition coefficient (Wildman–Crippen LogP) is 3.98. The summed E-state index contributed by atoms with van der Waals surface area (Å²) in [5, 5.41) is 3.22. The Hall–Kier alpha value is -1.49. The van der Waals surface area contributed by atoms with Gasteiger partial charge in [0.2, 0.25) is 5.91 Å². The zero-order chi connectivity index (χ0) is 18.0. The number of nitrogens with one attached hydrogen (secondary N) is 1. The Labute approximate surface area is 147 Å². The van der Waals surface area contributed by atoms with E-state index in [-0.39, 0.29) is 34.8 Å². The van der Waals surface area contributed by atoms with Crippen LogP contribution in [0.2, 0.25) is 0 Å². The minimum atomic E-state index is -0.834. The highest BCUT2D eigenvalue weighted by atomic mass is 19.2. The Bertz CT molecular complexity index is 720. The molecule has 1 saturated heterocycles. The lowest BCUT2D eigenvalue weighted by molar-refractivity contribution is -0.136. The molecule has 1 N–H and O–H groups in total. The summed E-state index contributed by atoms with van der Waals surface area (Å²) in [6, 6.07) is 4.17. The number of carbonyl (C=O) groups is 1. The van der Waals surface area contributed by atoms with Gasteiger partial charge in [-0.1, -0.05) is 19.9 Å². The number of fused-ring (bicyclic) bond motifs is 1. The van der Waals surface area contributed by atoms with Crippen molar-refractivity contribution in [2.75, 3.05) is 6.61 Å². The number of hydrogen-bond acceptors (Lipinski definition) is 2. The van der Waals surface area contributed by atoms with Crippen LogP contribution in [0.4, 0.5) is 8.78 Å². The lowest BCUT2D eigenvalue weighted by Gasteiger charge is -2.53. The molecular formula is C20H25F2NO2. The minimum absolute atomic E-state index is 0.00498. The van der Waals surface area contributed by atoms with Gasteiger partial charge < -0.3 is 10.1 Å². The molecule has 1 amide bonds. The number of rotatable bonds is 2. The van der Waals surface area contributed by atoms with E-state index in [1.165, 1.54) is 12.1 Å². The summed E-state index contributed by atoms with van der Waals surface area (Å²) in [5.41, 5.74) is 0.723. The number of hydrogen-bond donors (Lipinski definition) is 1. The molecule has 1 spiro atoms. The molecule has 5 atom stereocenters. The van der Waals surface area contributed by atoms with E-state index in [0.717, 1.165) is 19.3 Å². The van der Waals surface area contributed by atoms with E-state index in [0.29, 0.717) is 18.1 Å². The van der Waals surface area contributed by atoms with Gasteiger partial charge in [0.1, 0.15) is 0 Å². The van der Waals surface area contributed by atoms with Gasteiger partial charge in [0.15, 0.2) is 11.6 Å². The third-order valence-corrected chi connectivity index (χ3v) is 7.12. The fourth-order valence-electron chi connectivity index (χ4n) is 6.01. The number of ether oxygens (including phenoxy) is 1. The number of benzene rings is 1. The first-order valence-electron chi connectivity index (χ1n) is 9.09. The fourth-order valence-corrected chi connectivity index (χ4v) is 6.01. The molecule has 1 aromatic carbocycles. The number of amides is 1. The van der Waals surface area contributed by atoms with Crippen molar-refractivity contribution in [3.63, 3.8) is 0 Å². The Balaban J connectivity index is 1.72. The molecule has 1 heterocycles. The first kappa shape index (κ1) is 17.0. The van der Waals surface area contributed by atoms with Gasteiger partial charge in [-0.25, -0.2) is 8.78 Å². The summed E-state index contributed by atoms with van der Waals surface area (Å²) in [4.78, 5) is 11.8. The van der Waals surface area contributed by atoms with Crippen molar-refractivity contribution in [3.05, 3.63) is 35.4 Å². The zero-order valence-electron chi connectivity index (χ0n) is 14.9. The average molecular weight is 349 g/mol. The molecule has 3 aliphatic rings. The molecule has 2 saturated carbocycles. The highest BCUT2D eigenvalue weighted by Crippen LogP contribution is 2.70. The summed E-state index contributed by atoms with van der Waals surface area (Å²) in [6.07, 6.45) is 2.75. The van der Waals surface area contributed by atoms with Crippen LogP contribution in [-0.4, -0.2) is 18.6 Å². The Morgan fingerprint density at radius 1 is 1.28 bits per heavy atom. The lowest BCUT2D eigenvalue weighted by atomic mass is 9.59. The van der Waals surface area contributed by atoms with Gasteiger partial charge >= 0.3 is 0 Å². The van der Waals surface area contributed by atoms with Crippen molar-refractivity contribution in [2.24, 2.45) is 22.7 Å². The normalized spacial score (nSPS) is 38.4. The molecule has 25 heavy (non-hydrogen) atoms. The Morgan fingerprint density at radius 2 is 2.04 bits per heavy atom. The van der Waals surface area contributed by atoms with Crippen LogP contribution < -0.4 is 5.32 Å². The van der Waals surface area contributed by atoms with E-state index in [1.807, 2.05) is 0 Å². The van der Waals surface area contributed by atoms with Gasteiger partial charge in [0, 0.05) is 19.6 Å².